The van der Waals surface area contributed by atoms with Gasteiger partial charge in [0.2, 0.25) is 23.6 Å². The van der Waals surface area contributed by atoms with Crippen LogP contribution < -0.4 is 16.0 Å². The second-order valence-electron chi connectivity index (χ2n) is 15.4. The predicted octanol–water partition coefficient (Wildman–Crippen LogP) is 4.90. The highest BCUT2D eigenvalue weighted by molar-refractivity contribution is 5.97. The molecule has 0 spiro atoms. The van der Waals surface area contributed by atoms with E-state index in [1.54, 1.807) is 58.7 Å². The van der Waals surface area contributed by atoms with Gasteiger partial charge in [0.1, 0.15) is 35.1 Å². The van der Waals surface area contributed by atoms with Crippen molar-refractivity contribution in [2.24, 2.45) is 5.92 Å². The molecule has 0 bridgehead atoms. The molecule has 2 aliphatic rings. The van der Waals surface area contributed by atoms with E-state index in [2.05, 4.69) is 16.0 Å². The van der Waals surface area contributed by atoms with Crippen molar-refractivity contribution in [1.29, 1.82) is 0 Å². The number of fused-ring (bicyclic) bond motifs is 1. The molecule has 12 heteroatoms. The molecule has 4 unspecified atom stereocenters. The number of benzene rings is 3. The lowest BCUT2D eigenvalue weighted by Crippen LogP contribution is -2.67. The minimum absolute atomic E-state index is 0.0183. The smallest absolute Gasteiger partial charge is 0.408 e. The Balaban J connectivity index is 1.41. The number of carbonyl (C=O) groups is 5. The summed E-state index contributed by atoms with van der Waals surface area (Å²) in [5, 5.41) is 10.4. The number of alkyl carbamates (subject to hydrolysis) is 1. The third kappa shape index (κ3) is 9.91. The van der Waals surface area contributed by atoms with Crippen LogP contribution in [0.1, 0.15) is 71.4 Å². The molecule has 2 fully saturated rings. The highest BCUT2D eigenvalue weighted by Gasteiger charge is 2.46. The van der Waals surface area contributed by atoms with Crippen molar-refractivity contribution in [3.05, 3.63) is 83.7 Å². The standard InChI is InChI=1S/C41H52FN5O6/c1-7-41(5,45-39(52)53-40(2,3)4)38(51)44-32(23-26-15-18-31(42)19-16-26)36(49)47-21-20-46(37(50)34(47)24-27-12-13-27)33(35(48)43-6)25-28-14-17-29-10-8-9-11-30(29)22-28/h8-11,14-19,22,27,32-34H,7,12-13,20-21,23-25H2,1-6H3,(H,43,48)(H,44,51)(H,45,52). The van der Waals surface area contributed by atoms with Gasteiger partial charge in [-0.2, -0.15) is 0 Å². The Morgan fingerprint density at radius 3 is 2.19 bits per heavy atom. The first kappa shape index (κ1) is 39.2. The van der Waals surface area contributed by atoms with Crippen molar-refractivity contribution >= 4 is 40.5 Å². The molecule has 1 saturated heterocycles. The van der Waals surface area contributed by atoms with Crippen LogP contribution in [0, 0.1) is 11.7 Å². The van der Waals surface area contributed by atoms with Crippen LogP contribution in [-0.4, -0.2) is 88.9 Å². The third-order valence-electron chi connectivity index (χ3n) is 10.2. The Hall–Kier alpha value is -5.00. The average Bonchev–Trinajstić information content (AvgIpc) is 3.95. The van der Waals surface area contributed by atoms with Crippen molar-refractivity contribution in [3.63, 3.8) is 0 Å². The van der Waals surface area contributed by atoms with Gasteiger partial charge in [0.15, 0.2) is 0 Å². The number of nitrogens with zero attached hydrogens (tertiary/aromatic N) is 2. The number of piperazine rings is 1. The summed E-state index contributed by atoms with van der Waals surface area (Å²) in [6, 6.07) is 16.8. The van der Waals surface area contributed by atoms with E-state index in [1.807, 2.05) is 42.5 Å². The quantitative estimate of drug-likeness (QED) is 0.229. The number of hydrogen-bond acceptors (Lipinski definition) is 6. The van der Waals surface area contributed by atoms with Gasteiger partial charge in [0.05, 0.1) is 0 Å². The average molecular weight is 730 g/mol. The third-order valence-corrected chi connectivity index (χ3v) is 10.2. The molecule has 0 radical (unpaired) electrons. The maximum absolute atomic E-state index is 14.6. The number of nitrogens with one attached hydrogen (secondary N) is 3. The lowest BCUT2D eigenvalue weighted by atomic mass is 9.94. The largest absolute Gasteiger partial charge is 0.444 e. The Bertz CT molecular complexity index is 1820. The summed E-state index contributed by atoms with van der Waals surface area (Å²) in [7, 11) is 1.55. The first-order valence-corrected chi connectivity index (χ1v) is 18.5. The zero-order valence-corrected chi connectivity index (χ0v) is 31.5. The Morgan fingerprint density at radius 1 is 0.906 bits per heavy atom. The van der Waals surface area contributed by atoms with Gasteiger partial charge in [0.25, 0.3) is 0 Å². The van der Waals surface area contributed by atoms with Gasteiger partial charge in [-0.05, 0) is 80.5 Å². The summed E-state index contributed by atoms with van der Waals surface area (Å²) >= 11 is 0. The molecule has 0 aromatic heterocycles. The van der Waals surface area contributed by atoms with Crippen LogP contribution in [0.25, 0.3) is 10.8 Å². The zero-order chi connectivity index (χ0) is 38.5. The lowest BCUT2D eigenvalue weighted by Gasteiger charge is -2.44. The molecule has 284 valence electrons. The van der Waals surface area contributed by atoms with E-state index >= 15 is 0 Å². The van der Waals surface area contributed by atoms with Crippen molar-refractivity contribution in [3.8, 4) is 0 Å². The molecule has 1 saturated carbocycles. The van der Waals surface area contributed by atoms with E-state index < -0.39 is 53.0 Å². The van der Waals surface area contributed by atoms with Gasteiger partial charge in [-0.3, -0.25) is 19.2 Å². The van der Waals surface area contributed by atoms with Crippen molar-refractivity contribution in [2.75, 3.05) is 20.1 Å². The maximum Gasteiger partial charge on any atom is 0.408 e. The van der Waals surface area contributed by atoms with Crippen LogP contribution in [0.5, 0.6) is 0 Å². The Kier molecular flexibility index (Phi) is 12.1. The van der Waals surface area contributed by atoms with Gasteiger partial charge in [0, 0.05) is 33.0 Å². The fourth-order valence-electron chi connectivity index (χ4n) is 6.79. The van der Waals surface area contributed by atoms with Crippen molar-refractivity contribution in [1.82, 2.24) is 25.8 Å². The summed E-state index contributed by atoms with van der Waals surface area (Å²) < 4.78 is 19.3. The molecule has 3 aromatic carbocycles. The first-order valence-electron chi connectivity index (χ1n) is 18.5. The molecule has 53 heavy (non-hydrogen) atoms. The molecule has 3 N–H and O–H groups in total. The number of likely N-dealkylation sites (N-methyl/N-ethyl adjacent to an activating group) is 1. The molecule has 11 nitrogen and oxygen atoms in total. The fraction of sp³-hybridized carbons (Fsp3) is 0.488. The number of hydrogen-bond donors (Lipinski definition) is 3. The number of amides is 5. The van der Waals surface area contributed by atoms with Crippen LogP contribution >= 0.6 is 0 Å². The second-order valence-corrected chi connectivity index (χ2v) is 15.4. The molecule has 3 aromatic rings. The van der Waals surface area contributed by atoms with Crippen LogP contribution in [-0.2, 0) is 36.8 Å². The van der Waals surface area contributed by atoms with Gasteiger partial charge < -0.3 is 30.5 Å². The SMILES string of the molecule is CCC(C)(NC(=O)OC(C)(C)C)C(=O)NC(Cc1ccc(F)cc1)C(=O)N1CCN(C(Cc2ccc3ccccc3c2)C(=O)NC)C(=O)C1CC1CC1. The molecular weight excluding hydrogens is 677 g/mol. The predicted molar refractivity (Wildman–Crippen MR) is 200 cm³/mol. The molecule has 5 rings (SSSR count). The summed E-state index contributed by atoms with van der Waals surface area (Å²) in [5.41, 5.74) is -0.728. The summed E-state index contributed by atoms with van der Waals surface area (Å²) in [5.74, 6) is -1.88. The number of rotatable bonds is 13. The van der Waals surface area contributed by atoms with E-state index in [1.165, 1.54) is 17.0 Å². The lowest BCUT2D eigenvalue weighted by molar-refractivity contribution is -0.157. The number of carbonyl (C=O) groups excluding carboxylic acids is 5. The summed E-state index contributed by atoms with van der Waals surface area (Å²) in [6.45, 7) is 8.69. The Morgan fingerprint density at radius 2 is 1.57 bits per heavy atom. The normalized spacial score (nSPS) is 18.5. The van der Waals surface area contributed by atoms with Crippen LogP contribution in [0.3, 0.4) is 0 Å². The van der Waals surface area contributed by atoms with Crippen LogP contribution in [0.15, 0.2) is 66.7 Å². The number of halogens is 1. The van der Waals surface area contributed by atoms with Gasteiger partial charge >= 0.3 is 6.09 Å². The molecule has 4 atom stereocenters. The van der Waals surface area contributed by atoms with Gasteiger partial charge in [-0.15, -0.1) is 0 Å². The monoisotopic (exact) mass is 729 g/mol. The minimum Gasteiger partial charge on any atom is -0.444 e. The van der Waals surface area contributed by atoms with Crippen LogP contribution in [0.4, 0.5) is 9.18 Å². The first-order chi connectivity index (χ1) is 25.1. The fourth-order valence-corrected chi connectivity index (χ4v) is 6.79. The molecule has 1 aliphatic heterocycles. The highest BCUT2D eigenvalue weighted by atomic mass is 19.1. The molecule has 5 amide bonds. The van der Waals surface area contributed by atoms with E-state index in [0.717, 1.165) is 29.2 Å². The van der Waals surface area contributed by atoms with E-state index in [4.69, 9.17) is 4.74 Å². The Labute approximate surface area is 311 Å². The van der Waals surface area contributed by atoms with Crippen molar-refractivity contribution in [2.45, 2.75) is 102 Å². The van der Waals surface area contributed by atoms with Gasteiger partial charge in [-0.1, -0.05) is 74.4 Å². The number of ether oxygens (including phenoxy) is 1. The topological polar surface area (TPSA) is 137 Å². The van der Waals surface area contributed by atoms with E-state index in [9.17, 15) is 28.4 Å². The zero-order valence-electron chi connectivity index (χ0n) is 31.5. The minimum atomic E-state index is -1.44. The van der Waals surface area contributed by atoms with Crippen molar-refractivity contribution < 1.29 is 33.1 Å². The molecule has 1 aliphatic carbocycles. The highest BCUT2D eigenvalue weighted by Crippen LogP contribution is 2.36. The van der Waals surface area contributed by atoms with E-state index in [-0.39, 0.29) is 43.7 Å². The van der Waals surface area contributed by atoms with E-state index in [0.29, 0.717) is 18.4 Å². The molecular formula is C41H52FN5O6. The van der Waals surface area contributed by atoms with Gasteiger partial charge in [-0.25, -0.2) is 9.18 Å². The second kappa shape index (κ2) is 16.3. The van der Waals surface area contributed by atoms with Crippen LogP contribution in [0.2, 0.25) is 0 Å². The molecule has 1 heterocycles. The maximum atomic E-state index is 14.6. The summed E-state index contributed by atoms with van der Waals surface area (Å²) in [4.78, 5) is 72.4. The summed E-state index contributed by atoms with van der Waals surface area (Å²) in [6.07, 6.45) is 2.02.